The zero-order valence-corrected chi connectivity index (χ0v) is 9.54. The summed E-state index contributed by atoms with van der Waals surface area (Å²) in [6.45, 7) is 0. The Morgan fingerprint density at radius 1 is 1.38 bits per heavy atom. The van der Waals surface area contributed by atoms with Crippen LogP contribution in [0.5, 0.6) is 5.88 Å². The molecule has 0 unspecified atom stereocenters. The van der Waals surface area contributed by atoms with E-state index in [2.05, 4.69) is 22.1 Å². The van der Waals surface area contributed by atoms with E-state index in [9.17, 15) is 0 Å². The fraction of sp³-hybridized carbons (Fsp3) is 0.0833. The Morgan fingerprint density at radius 3 is 3.06 bits per heavy atom. The number of ether oxygens (including phenoxy) is 1. The topological polar surface area (TPSA) is 37.9 Å². The molecule has 0 saturated heterocycles. The third-order valence-corrected chi connectivity index (χ3v) is 3.36. The van der Waals surface area contributed by atoms with E-state index in [1.54, 1.807) is 18.4 Å². The van der Waals surface area contributed by atoms with Gasteiger partial charge in [0.1, 0.15) is 5.01 Å². The lowest BCUT2D eigenvalue weighted by Crippen LogP contribution is -1.84. The molecule has 16 heavy (non-hydrogen) atoms. The Labute approximate surface area is 96.7 Å². The van der Waals surface area contributed by atoms with Crippen molar-refractivity contribution in [1.82, 2.24) is 9.97 Å². The summed E-state index contributed by atoms with van der Waals surface area (Å²) < 4.78 is 5.33. The molecule has 0 amide bonds. The number of fused-ring (bicyclic) bond motifs is 1. The first-order chi connectivity index (χ1) is 7.90. The van der Waals surface area contributed by atoms with Crippen LogP contribution in [0.1, 0.15) is 0 Å². The minimum absolute atomic E-state index is 0.792. The van der Waals surface area contributed by atoms with Crippen molar-refractivity contribution < 1.29 is 4.74 Å². The van der Waals surface area contributed by atoms with Crippen LogP contribution in [0.2, 0.25) is 0 Å². The highest BCUT2D eigenvalue weighted by Gasteiger charge is 2.11. The largest absolute Gasteiger partial charge is 0.482 e. The van der Waals surface area contributed by atoms with Crippen molar-refractivity contribution in [2.24, 2.45) is 0 Å². The van der Waals surface area contributed by atoms with Gasteiger partial charge in [-0.1, -0.05) is 18.2 Å². The summed E-state index contributed by atoms with van der Waals surface area (Å²) in [6.07, 6.45) is 3.77. The van der Waals surface area contributed by atoms with Gasteiger partial charge in [-0.05, 0) is 0 Å². The third kappa shape index (κ3) is 1.31. The summed E-state index contributed by atoms with van der Waals surface area (Å²) in [5.74, 6) is 0.792. The van der Waals surface area contributed by atoms with Crippen molar-refractivity contribution in [3.8, 4) is 16.5 Å². The van der Waals surface area contributed by atoms with Gasteiger partial charge in [0.2, 0.25) is 0 Å². The Morgan fingerprint density at radius 2 is 2.31 bits per heavy atom. The van der Waals surface area contributed by atoms with Crippen LogP contribution in [0.25, 0.3) is 21.3 Å². The van der Waals surface area contributed by atoms with Crippen LogP contribution < -0.4 is 4.74 Å². The highest BCUT2D eigenvalue weighted by molar-refractivity contribution is 7.13. The molecule has 1 N–H and O–H groups in total. The highest BCUT2D eigenvalue weighted by Crippen LogP contribution is 2.35. The molecule has 0 spiro atoms. The quantitative estimate of drug-likeness (QED) is 0.733. The molecule has 2 aromatic heterocycles. The Hall–Kier alpha value is -1.81. The molecule has 0 aliphatic carbocycles. The number of rotatable bonds is 2. The van der Waals surface area contributed by atoms with Crippen molar-refractivity contribution in [3.05, 3.63) is 36.0 Å². The lowest BCUT2D eigenvalue weighted by atomic mass is 10.1. The summed E-state index contributed by atoms with van der Waals surface area (Å²) >= 11 is 1.63. The summed E-state index contributed by atoms with van der Waals surface area (Å²) in [5, 5.41) is 5.24. The van der Waals surface area contributed by atoms with Gasteiger partial charge in [0.05, 0.1) is 12.5 Å². The van der Waals surface area contributed by atoms with Gasteiger partial charge in [-0.25, -0.2) is 4.98 Å². The van der Waals surface area contributed by atoms with Gasteiger partial charge in [-0.15, -0.1) is 11.3 Å². The maximum atomic E-state index is 5.33. The van der Waals surface area contributed by atoms with Crippen LogP contribution >= 0.6 is 11.3 Å². The second-order valence-corrected chi connectivity index (χ2v) is 4.32. The molecule has 1 aromatic carbocycles. The van der Waals surface area contributed by atoms with Crippen LogP contribution in [0.3, 0.4) is 0 Å². The SMILES string of the molecule is COc1[nH]cc2cccc(-c3nccs3)c12. The number of hydrogen-bond donors (Lipinski definition) is 1. The van der Waals surface area contributed by atoms with Crippen molar-refractivity contribution in [3.63, 3.8) is 0 Å². The number of aromatic amines is 1. The van der Waals surface area contributed by atoms with Crippen molar-refractivity contribution >= 4 is 22.1 Å². The number of methoxy groups -OCH3 is 1. The summed E-state index contributed by atoms with van der Waals surface area (Å²) in [4.78, 5) is 7.46. The number of H-pyrrole nitrogens is 1. The maximum Gasteiger partial charge on any atom is 0.199 e. The number of thiazole rings is 1. The molecule has 3 nitrogen and oxygen atoms in total. The molecule has 0 bridgehead atoms. The van der Waals surface area contributed by atoms with Crippen molar-refractivity contribution in [1.29, 1.82) is 0 Å². The number of nitrogens with zero attached hydrogens (tertiary/aromatic N) is 1. The van der Waals surface area contributed by atoms with E-state index in [4.69, 9.17) is 4.74 Å². The van der Waals surface area contributed by atoms with Gasteiger partial charge in [-0.2, -0.15) is 0 Å². The second kappa shape index (κ2) is 3.64. The first-order valence-corrected chi connectivity index (χ1v) is 5.82. The van der Waals surface area contributed by atoms with Crippen LogP contribution in [0.15, 0.2) is 36.0 Å². The van der Waals surface area contributed by atoms with E-state index >= 15 is 0 Å². The van der Waals surface area contributed by atoms with Crippen LogP contribution in [-0.2, 0) is 0 Å². The molecule has 0 aliphatic rings. The average Bonchev–Trinajstić information content (AvgIpc) is 2.97. The minimum Gasteiger partial charge on any atom is -0.482 e. The van der Waals surface area contributed by atoms with Crippen molar-refractivity contribution in [2.75, 3.05) is 7.11 Å². The first kappa shape index (κ1) is 9.42. The maximum absolute atomic E-state index is 5.33. The molecule has 0 atom stereocenters. The standard InChI is InChI=1S/C12H10N2OS/c1-15-11-10-8(7-14-11)3-2-4-9(10)12-13-5-6-16-12/h2-7,14H,1H3. The Kier molecular flexibility index (Phi) is 2.15. The summed E-state index contributed by atoms with van der Waals surface area (Å²) in [6, 6.07) is 6.16. The predicted molar refractivity (Wildman–Crippen MR) is 66.0 cm³/mol. The molecule has 3 aromatic rings. The molecule has 0 radical (unpaired) electrons. The van der Waals surface area contributed by atoms with Crippen LogP contribution in [-0.4, -0.2) is 17.1 Å². The van der Waals surface area contributed by atoms with Crippen LogP contribution in [0.4, 0.5) is 0 Å². The molecule has 3 rings (SSSR count). The fourth-order valence-corrected chi connectivity index (χ4v) is 2.52. The summed E-state index contributed by atoms with van der Waals surface area (Å²) in [7, 11) is 1.67. The van der Waals surface area contributed by atoms with E-state index in [1.807, 2.05) is 23.8 Å². The normalized spacial score (nSPS) is 10.8. The zero-order valence-electron chi connectivity index (χ0n) is 8.73. The van der Waals surface area contributed by atoms with E-state index in [1.165, 1.54) is 0 Å². The molecular weight excluding hydrogens is 220 g/mol. The monoisotopic (exact) mass is 230 g/mol. The Balaban J connectivity index is 2.35. The minimum atomic E-state index is 0.792. The lowest BCUT2D eigenvalue weighted by molar-refractivity contribution is 0.405. The van der Waals surface area contributed by atoms with Crippen LogP contribution in [0, 0.1) is 0 Å². The van der Waals surface area contributed by atoms with Crippen molar-refractivity contribution in [2.45, 2.75) is 0 Å². The number of aromatic nitrogens is 2. The fourth-order valence-electron chi connectivity index (χ4n) is 1.85. The highest BCUT2D eigenvalue weighted by atomic mass is 32.1. The number of benzene rings is 1. The van der Waals surface area contributed by atoms with E-state index in [0.717, 1.165) is 27.2 Å². The smallest absolute Gasteiger partial charge is 0.199 e. The average molecular weight is 230 g/mol. The van der Waals surface area contributed by atoms with Gasteiger partial charge >= 0.3 is 0 Å². The number of nitrogens with one attached hydrogen (secondary N) is 1. The molecule has 0 fully saturated rings. The molecular formula is C12H10N2OS. The second-order valence-electron chi connectivity index (χ2n) is 3.43. The van der Waals surface area contributed by atoms with E-state index in [-0.39, 0.29) is 0 Å². The van der Waals surface area contributed by atoms with Gasteiger partial charge in [0, 0.05) is 28.7 Å². The van der Waals surface area contributed by atoms with E-state index in [0.29, 0.717) is 0 Å². The first-order valence-electron chi connectivity index (χ1n) is 4.94. The third-order valence-electron chi connectivity index (χ3n) is 2.55. The van der Waals surface area contributed by atoms with Gasteiger partial charge in [-0.3, -0.25) is 0 Å². The summed E-state index contributed by atoms with van der Waals surface area (Å²) in [5.41, 5.74) is 1.12. The molecule has 0 aliphatic heterocycles. The lowest BCUT2D eigenvalue weighted by Gasteiger charge is -2.02. The number of hydrogen-bond acceptors (Lipinski definition) is 3. The molecule has 4 heteroatoms. The Bertz CT molecular complexity index is 613. The predicted octanol–water partition coefficient (Wildman–Crippen LogP) is 3.30. The van der Waals surface area contributed by atoms with E-state index < -0.39 is 0 Å². The molecule has 2 heterocycles. The molecule has 80 valence electrons. The van der Waals surface area contributed by atoms with Gasteiger partial charge in [0.15, 0.2) is 5.88 Å². The molecule has 0 saturated carbocycles. The van der Waals surface area contributed by atoms with Gasteiger partial charge < -0.3 is 9.72 Å². The van der Waals surface area contributed by atoms with Gasteiger partial charge in [0.25, 0.3) is 0 Å². The zero-order chi connectivity index (χ0) is 11.0.